The Morgan fingerprint density at radius 3 is 2.80 bits per heavy atom. The van der Waals surface area contributed by atoms with Crippen LogP contribution in [0.1, 0.15) is 15.9 Å². The van der Waals surface area contributed by atoms with Crippen molar-refractivity contribution in [1.29, 1.82) is 0 Å². The van der Waals surface area contributed by atoms with Gasteiger partial charge in [-0.2, -0.15) is 0 Å². The van der Waals surface area contributed by atoms with Crippen molar-refractivity contribution in [3.05, 3.63) is 35.0 Å². The predicted molar refractivity (Wildman–Crippen MR) is 74.2 cm³/mol. The van der Waals surface area contributed by atoms with Crippen molar-refractivity contribution < 1.29 is 19.4 Å². The minimum atomic E-state index is -0.565. The Labute approximate surface area is 119 Å². The lowest BCUT2D eigenvalue weighted by Crippen LogP contribution is -2.36. The van der Waals surface area contributed by atoms with Crippen LogP contribution < -0.4 is 11.2 Å². The number of ether oxygens (including phenoxy) is 1. The van der Waals surface area contributed by atoms with Gasteiger partial charge in [-0.15, -0.1) is 0 Å². The molecule has 0 radical (unpaired) electrons. The van der Waals surface area contributed by atoms with Crippen LogP contribution in [0.25, 0.3) is 5.70 Å². The average Bonchev–Trinajstić information content (AvgIpc) is 3.11. The van der Waals surface area contributed by atoms with Crippen LogP contribution >= 0.6 is 12.2 Å². The molecular formula is C12H11N3O4S. The van der Waals surface area contributed by atoms with E-state index < -0.39 is 5.97 Å². The van der Waals surface area contributed by atoms with Crippen LogP contribution in [0.3, 0.4) is 0 Å². The lowest BCUT2D eigenvalue weighted by Gasteiger charge is -2.09. The SMILES string of the molecule is COC(=O)C1=C(c2ccc(O)c(C=O)c2)N1NC(N)=S. The highest BCUT2D eigenvalue weighted by atomic mass is 32.1. The smallest absolute Gasteiger partial charge is 0.358 e. The van der Waals surface area contributed by atoms with Crippen LogP contribution in [0.2, 0.25) is 0 Å². The number of thiocarbonyl (C=S) groups is 1. The maximum Gasteiger partial charge on any atom is 0.358 e. The van der Waals surface area contributed by atoms with E-state index in [1.807, 2.05) is 0 Å². The van der Waals surface area contributed by atoms with E-state index in [1.165, 1.54) is 24.3 Å². The van der Waals surface area contributed by atoms with E-state index >= 15 is 0 Å². The first-order chi connectivity index (χ1) is 9.49. The topological polar surface area (TPSA) is 105 Å². The number of aromatic hydroxyl groups is 1. The van der Waals surface area contributed by atoms with Crippen molar-refractivity contribution in [3.63, 3.8) is 0 Å². The Morgan fingerprint density at radius 2 is 2.25 bits per heavy atom. The molecule has 0 saturated heterocycles. The molecule has 0 spiro atoms. The third-order valence-electron chi connectivity index (χ3n) is 2.65. The van der Waals surface area contributed by atoms with E-state index in [0.29, 0.717) is 17.5 Å². The van der Waals surface area contributed by atoms with Crippen LogP contribution in [0.15, 0.2) is 23.9 Å². The van der Waals surface area contributed by atoms with Crippen LogP contribution in [0.4, 0.5) is 0 Å². The summed E-state index contributed by atoms with van der Waals surface area (Å²) in [6.45, 7) is 0. The maximum absolute atomic E-state index is 11.6. The molecule has 0 aromatic heterocycles. The second kappa shape index (κ2) is 5.17. The normalized spacial score (nSPS) is 12.9. The molecule has 1 heterocycles. The molecule has 2 rings (SSSR count). The van der Waals surface area contributed by atoms with Gasteiger partial charge in [0.2, 0.25) is 0 Å². The number of methoxy groups -OCH3 is 1. The highest BCUT2D eigenvalue weighted by Gasteiger charge is 2.41. The van der Waals surface area contributed by atoms with Gasteiger partial charge in [-0.25, -0.2) is 9.80 Å². The van der Waals surface area contributed by atoms with Gasteiger partial charge < -0.3 is 15.6 Å². The lowest BCUT2D eigenvalue weighted by atomic mass is 10.1. The van der Waals surface area contributed by atoms with Crippen molar-refractivity contribution in [2.24, 2.45) is 5.73 Å². The summed E-state index contributed by atoms with van der Waals surface area (Å²) >= 11 is 4.71. The van der Waals surface area contributed by atoms with Gasteiger partial charge in [0.1, 0.15) is 11.4 Å². The first-order valence-electron chi connectivity index (χ1n) is 5.47. The first-order valence-corrected chi connectivity index (χ1v) is 5.87. The molecule has 0 bridgehead atoms. The van der Waals surface area contributed by atoms with Gasteiger partial charge >= 0.3 is 5.97 Å². The number of nitrogens with zero attached hydrogens (tertiary/aromatic N) is 1. The van der Waals surface area contributed by atoms with E-state index in [0.717, 1.165) is 0 Å². The standard InChI is InChI=1S/C12H11N3O4S/c1-19-11(18)10-9(15(10)14-12(13)20)6-2-3-8(17)7(4-6)5-16/h2-5,17H,1H3,(H3,13,14,20). The molecule has 0 amide bonds. The number of nitrogens with two attached hydrogens (primary N) is 1. The van der Waals surface area contributed by atoms with Crippen molar-refractivity contribution >= 4 is 35.3 Å². The molecule has 0 atom stereocenters. The number of hydrogen-bond acceptors (Lipinski definition) is 6. The molecule has 1 aliphatic rings. The van der Waals surface area contributed by atoms with Gasteiger partial charge in [0.15, 0.2) is 17.1 Å². The molecule has 7 nitrogen and oxygen atoms in total. The van der Waals surface area contributed by atoms with Crippen LogP contribution in [-0.4, -0.2) is 34.6 Å². The number of carbonyl (C=O) groups excluding carboxylic acids is 2. The molecule has 104 valence electrons. The van der Waals surface area contributed by atoms with Gasteiger partial charge in [-0.05, 0) is 30.4 Å². The number of hydrazine groups is 1. The second-order valence-corrected chi connectivity index (χ2v) is 4.33. The monoisotopic (exact) mass is 293 g/mol. The molecule has 4 N–H and O–H groups in total. The van der Waals surface area contributed by atoms with Crippen LogP contribution in [0, 0.1) is 0 Å². The highest BCUT2D eigenvalue weighted by Crippen LogP contribution is 2.40. The summed E-state index contributed by atoms with van der Waals surface area (Å²) in [5.74, 6) is -0.706. The fourth-order valence-corrected chi connectivity index (χ4v) is 1.82. The number of benzene rings is 1. The Hall–Kier alpha value is -2.61. The van der Waals surface area contributed by atoms with Crippen molar-refractivity contribution in [2.75, 3.05) is 7.11 Å². The number of nitrogens with one attached hydrogen (secondary N) is 1. The van der Waals surface area contributed by atoms with E-state index in [2.05, 4.69) is 10.2 Å². The molecule has 0 aliphatic carbocycles. The summed E-state index contributed by atoms with van der Waals surface area (Å²) in [4.78, 5) is 22.4. The van der Waals surface area contributed by atoms with Gasteiger partial charge in [-0.3, -0.25) is 10.2 Å². The summed E-state index contributed by atoms with van der Waals surface area (Å²) in [6.07, 6.45) is 0.519. The summed E-state index contributed by atoms with van der Waals surface area (Å²) < 4.78 is 4.64. The zero-order chi connectivity index (χ0) is 14.9. The molecule has 0 fully saturated rings. The number of phenols is 1. The molecule has 20 heavy (non-hydrogen) atoms. The molecule has 0 saturated carbocycles. The average molecular weight is 293 g/mol. The number of carbonyl (C=O) groups is 2. The van der Waals surface area contributed by atoms with Gasteiger partial charge in [0.05, 0.1) is 12.7 Å². The molecule has 8 heteroatoms. The van der Waals surface area contributed by atoms with Crippen molar-refractivity contribution in [1.82, 2.24) is 10.4 Å². The van der Waals surface area contributed by atoms with E-state index in [-0.39, 0.29) is 22.1 Å². The third-order valence-corrected chi connectivity index (χ3v) is 2.74. The minimum absolute atomic E-state index is 0.0178. The fourth-order valence-electron chi connectivity index (χ4n) is 1.73. The summed E-state index contributed by atoms with van der Waals surface area (Å²) in [5, 5.41) is 10.8. The highest BCUT2D eigenvalue weighted by molar-refractivity contribution is 7.80. The first kappa shape index (κ1) is 13.8. The molecule has 1 aliphatic heterocycles. The van der Waals surface area contributed by atoms with Gasteiger partial charge in [0.25, 0.3) is 0 Å². The zero-order valence-electron chi connectivity index (χ0n) is 10.4. The van der Waals surface area contributed by atoms with E-state index in [9.17, 15) is 14.7 Å². The molecule has 1 aromatic carbocycles. The number of rotatable bonds is 4. The second-order valence-electron chi connectivity index (χ2n) is 3.89. The molecule has 1 aromatic rings. The van der Waals surface area contributed by atoms with Crippen molar-refractivity contribution in [2.45, 2.75) is 0 Å². The summed E-state index contributed by atoms with van der Waals surface area (Å²) in [7, 11) is 1.25. The maximum atomic E-state index is 11.6. The third kappa shape index (κ3) is 2.41. The largest absolute Gasteiger partial charge is 0.507 e. The number of phenolic OH excluding ortho intramolecular Hbond substituents is 1. The Kier molecular flexibility index (Phi) is 3.57. The van der Waals surface area contributed by atoms with E-state index in [4.69, 9.17) is 18.0 Å². The number of hydrogen-bond donors (Lipinski definition) is 3. The van der Waals surface area contributed by atoms with Crippen molar-refractivity contribution in [3.8, 4) is 5.75 Å². The Morgan fingerprint density at radius 1 is 1.55 bits per heavy atom. The van der Waals surface area contributed by atoms with Crippen LogP contribution in [0.5, 0.6) is 5.75 Å². The Balaban J connectivity index is 2.38. The summed E-state index contributed by atoms with van der Waals surface area (Å²) in [6, 6.07) is 4.36. The lowest BCUT2D eigenvalue weighted by molar-refractivity contribution is -0.136. The summed E-state index contributed by atoms with van der Waals surface area (Å²) in [5.41, 5.74) is 9.34. The predicted octanol–water partition coefficient (Wildman–Crippen LogP) is 0.110. The van der Waals surface area contributed by atoms with E-state index in [1.54, 1.807) is 6.07 Å². The van der Waals surface area contributed by atoms with Gasteiger partial charge in [0, 0.05) is 5.56 Å². The molecular weight excluding hydrogens is 282 g/mol. The van der Waals surface area contributed by atoms with Gasteiger partial charge in [-0.1, -0.05) is 0 Å². The fraction of sp³-hybridized carbons (Fsp3) is 0.0833. The van der Waals surface area contributed by atoms with Crippen LogP contribution in [-0.2, 0) is 9.53 Å². The quantitative estimate of drug-likeness (QED) is 0.408. The minimum Gasteiger partial charge on any atom is -0.507 e. The zero-order valence-corrected chi connectivity index (χ0v) is 11.2. The number of esters is 1. The number of aldehydes is 1. The Bertz CT molecular complexity index is 642. The molecule has 0 unspecified atom stereocenters.